The van der Waals surface area contributed by atoms with E-state index in [4.69, 9.17) is 9.47 Å². The minimum absolute atomic E-state index is 0.257. The average molecular weight is 342 g/mol. The van der Waals surface area contributed by atoms with Crippen LogP contribution in [0.5, 0.6) is 5.75 Å². The van der Waals surface area contributed by atoms with Crippen LogP contribution in [0, 0.1) is 5.92 Å². The molecule has 0 aliphatic carbocycles. The van der Waals surface area contributed by atoms with Gasteiger partial charge in [-0.15, -0.1) is 0 Å². The Labute approximate surface area is 148 Å². The average Bonchev–Trinajstić information content (AvgIpc) is 3.31. The maximum Gasteiger partial charge on any atom is 0.124 e. The molecule has 2 aliphatic heterocycles. The van der Waals surface area contributed by atoms with Crippen LogP contribution in [-0.2, 0) is 17.8 Å². The van der Waals surface area contributed by atoms with E-state index in [1.165, 1.54) is 5.56 Å². The number of hydrogen-bond donors (Lipinski definition) is 2. The summed E-state index contributed by atoms with van der Waals surface area (Å²) in [5.74, 6) is 2.59. The van der Waals surface area contributed by atoms with Crippen LogP contribution in [0.25, 0.3) is 0 Å². The Bertz CT molecular complexity index is 682. The molecule has 1 aromatic carbocycles. The Kier molecular flexibility index (Phi) is 5.18. The second-order valence-corrected chi connectivity index (χ2v) is 6.87. The first-order chi connectivity index (χ1) is 12.4. The number of benzene rings is 1. The van der Waals surface area contributed by atoms with Crippen LogP contribution in [0.4, 0.5) is 5.82 Å². The zero-order valence-electron chi connectivity index (χ0n) is 14.5. The minimum atomic E-state index is 0.257. The van der Waals surface area contributed by atoms with Gasteiger partial charge in [0, 0.05) is 44.8 Å². The molecule has 0 bridgehead atoms. The van der Waals surface area contributed by atoms with Crippen molar-refractivity contribution in [2.24, 2.45) is 5.92 Å². The van der Waals surface area contributed by atoms with E-state index in [1.807, 2.05) is 23.0 Å². The van der Waals surface area contributed by atoms with Crippen molar-refractivity contribution >= 4 is 5.82 Å². The lowest BCUT2D eigenvalue weighted by atomic mass is 10.1. The standard InChI is InChI=1S/C19H26N4O2/c1-3-15(9-17(4-1)25-14-18-5-2-8-24-18)10-20-11-16-12-21-19-6-7-22-23(19)13-16/h1,3-4,6-7,9,16,18,20-21H,2,5,8,10-14H2/t16-,18-/m0/s1. The van der Waals surface area contributed by atoms with Gasteiger partial charge in [-0.25, -0.2) is 4.68 Å². The van der Waals surface area contributed by atoms with Crippen LogP contribution in [0.2, 0.25) is 0 Å². The first-order valence-corrected chi connectivity index (χ1v) is 9.16. The van der Waals surface area contributed by atoms with Gasteiger partial charge in [0.15, 0.2) is 0 Å². The van der Waals surface area contributed by atoms with Gasteiger partial charge in [-0.3, -0.25) is 0 Å². The van der Waals surface area contributed by atoms with Crippen molar-refractivity contribution < 1.29 is 9.47 Å². The van der Waals surface area contributed by atoms with Crippen molar-refractivity contribution in [3.8, 4) is 5.75 Å². The van der Waals surface area contributed by atoms with Gasteiger partial charge in [-0.1, -0.05) is 12.1 Å². The summed E-state index contributed by atoms with van der Waals surface area (Å²) >= 11 is 0. The molecular formula is C19H26N4O2. The van der Waals surface area contributed by atoms with Crippen LogP contribution in [0.1, 0.15) is 18.4 Å². The third-order valence-electron chi connectivity index (χ3n) is 4.84. The van der Waals surface area contributed by atoms with Crippen molar-refractivity contribution in [3.05, 3.63) is 42.1 Å². The third kappa shape index (κ3) is 4.32. The highest BCUT2D eigenvalue weighted by Gasteiger charge is 2.18. The number of nitrogens with one attached hydrogen (secondary N) is 2. The summed E-state index contributed by atoms with van der Waals surface area (Å²) in [6, 6.07) is 10.3. The summed E-state index contributed by atoms with van der Waals surface area (Å²) in [6.07, 6.45) is 4.36. The maximum atomic E-state index is 5.88. The van der Waals surface area contributed by atoms with Crippen molar-refractivity contribution in [3.63, 3.8) is 0 Å². The van der Waals surface area contributed by atoms with E-state index in [9.17, 15) is 0 Å². The van der Waals surface area contributed by atoms with Crippen LogP contribution in [0.15, 0.2) is 36.5 Å². The molecule has 0 saturated carbocycles. The summed E-state index contributed by atoms with van der Waals surface area (Å²) in [5, 5.41) is 11.3. The monoisotopic (exact) mass is 342 g/mol. The van der Waals surface area contributed by atoms with Gasteiger partial charge in [0.25, 0.3) is 0 Å². The van der Waals surface area contributed by atoms with E-state index in [0.717, 1.165) is 57.2 Å². The van der Waals surface area contributed by atoms with Gasteiger partial charge in [-0.2, -0.15) is 5.10 Å². The third-order valence-corrected chi connectivity index (χ3v) is 4.84. The van der Waals surface area contributed by atoms with Gasteiger partial charge in [0.05, 0.1) is 12.3 Å². The fourth-order valence-corrected chi connectivity index (χ4v) is 3.45. The smallest absolute Gasteiger partial charge is 0.124 e. The Morgan fingerprint density at radius 3 is 3.28 bits per heavy atom. The lowest BCUT2D eigenvalue weighted by molar-refractivity contribution is 0.0679. The predicted molar refractivity (Wildman–Crippen MR) is 96.8 cm³/mol. The zero-order valence-corrected chi connectivity index (χ0v) is 14.5. The molecule has 0 radical (unpaired) electrons. The SMILES string of the molecule is c1cc(CNC[C@H]2CNc3ccnn3C2)cc(OC[C@@H]2CCCO2)c1. The number of fused-ring (bicyclic) bond motifs is 1. The molecule has 2 N–H and O–H groups in total. The Morgan fingerprint density at radius 2 is 2.36 bits per heavy atom. The molecule has 4 rings (SSSR count). The van der Waals surface area contributed by atoms with E-state index in [-0.39, 0.29) is 6.10 Å². The quantitative estimate of drug-likeness (QED) is 0.808. The molecule has 0 unspecified atom stereocenters. The van der Waals surface area contributed by atoms with E-state index >= 15 is 0 Å². The van der Waals surface area contributed by atoms with E-state index < -0.39 is 0 Å². The summed E-state index contributed by atoms with van der Waals surface area (Å²) in [6.45, 7) is 5.29. The molecule has 1 aromatic heterocycles. The molecule has 0 amide bonds. The van der Waals surface area contributed by atoms with Gasteiger partial charge in [-0.05, 0) is 30.5 Å². The molecule has 2 aromatic rings. The zero-order chi connectivity index (χ0) is 16.9. The second kappa shape index (κ2) is 7.89. The molecule has 1 fully saturated rings. The molecule has 6 nitrogen and oxygen atoms in total. The highest BCUT2D eigenvalue weighted by molar-refractivity contribution is 5.35. The van der Waals surface area contributed by atoms with Crippen LogP contribution < -0.4 is 15.4 Å². The summed E-state index contributed by atoms with van der Waals surface area (Å²) in [5.41, 5.74) is 1.24. The molecule has 0 spiro atoms. The lowest BCUT2D eigenvalue weighted by Crippen LogP contribution is -2.35. The first-order valence-electron chi connectivity index (χ1n) is 9.16. The number of aromatic nitrogens is 2. The topological polar surface area (TPSA) is 60.3 Å². The Hall–Kier alpha value is -2.05. The van der Waals surface area contributed by atoms with Crippen molar-refractivity contribution in [2.45, 2.75) is 32.0 Å². The second-order valence-electron chi connectivity index (χ2n) is 6.87. The molecule has 2 aliphatic rings. The van der Waals surface area contributed by atoms with Crippen LogP contribution in [0.3, 0.4) is 0 Å². The predicted octanol–water partition coefficient (Wildman–Crippen LogP) is 2.27. The molecule has 3 heterocycles. The van der Waals surface area contributed by atoms with Crippen LogP contribution >= 0.6 is 0 Å². The Balaban J connectivity index is 1.22. The largest absolute Gasteiger partial charge is 0.491 e. The summed E-state index contributed by atoms with van der Waals surface area (Å²) in [4.78, 5) is 0. The molecule has 134 valence electrons. The van der Waals surface area contributed by atoms with Crippen LogP contribution in [-0.4, -0.2) is 42.2 Å². The highest BCUT2D eigenvalue weighted by Crippen LogP contribution is 2.18. The van der Waals surface area contributed by atoms with E-state index in [1.54, 1.807) is 0 Å². The lowest BCUT2D eigenvalue weighted by Gasteiger charge is -2.25. The number of hydrogen-bond acceptors (Lipinski definition) is 5. The van der Waals surface area contributed by atoms with Gasteiger partial charge in [0.1, 0.15) is 18.2 Å². The van der Waals surface area contributed by atoms with E-state index in [2.05, 4.69) is 33.9 Å². The molecule has 6 heteroatoms. The normalized spacial score (nSPS) is 22.4. The van der Waals surface area contributed by atoms with Gasteiger partial charge < -0.3 is 20.1 Å². The number of rotatable bonds is 7. The number of anilines is 1. The highest BCUT2D eigenvalue weighted by atomic mass is 16.5. The van der Waals surface area contributed by atoms with Crippen molar-refractivity contribution in [2.75, 3.05) is 31.6 Å². The molecule has 1 saturated heterocycles. The Morgan fingerprint density at radius 1 is 1.36 bits per heavy atom. The van der Waals surface area contributed by atoms with Gasteiger partial charge in [0.2, 0.25) is 0 Å². The molecular weight excluding hydrogens is 316 g/mol. The summed E-state index contributed by atoms with van der Waals surface area (Å²) in [7, 11) is 0. The van der Waals surface area contributed by atoms with Crippen molar-refractivity contribution in [1.82, 2.24) is 15.1 Å². The first kappa shape index (κ1) is 16.4. The summed E-state index contributed by atoms with van der Waals surface area (Å²) < 4.78 is 13.5. The van der Waals surface area contributed by atoms with Crippen molar-refractivity contribution in [1.29, 1.82) is 0 Å². The minimum Gasteiger partial charge on any atom is -0.491 e. The molecule has 2 atom stereocenters. The number of ether oxygens (including phenoxy) is 2. The maximum absolute atomic E-state index is 5.88. The fourth-order valence-electron chi connectivity index (χ4n) is 3.45. The molecule has 25 heavy (non-hydrogen) atoms. The number of nitrogens with zero attached hydrogens (tertiary/aromatic N) is 2. The van der Waals surface area contributed by atoms with E-state index in [0.29, 0.717) is 12.5 Å². The fraction of sp³-hybridized carbons (Fsp3) is 0.526. The van der Waals surface area contributed by atoms with Gasteiger partial charge >= 0.3 is 0 Å².